The Kier molecular flexibility index (Phi) is 10.0. The van der Waals surface area contributed by atoms with Crippen LogP contribution in [0.3, 0.4) is 0 Å². The first kappa shape index (κ1) is 33.1. The molecule has 1 saturated carbocycles. The molecule has 3 aromatic rings. The second-order valence-corrected chi connectivity index (χ2v) is 18.4. The monoisotopic (exact) mass is 646 g/mol. The molecular weight excluding hydrogens is 598 g/mol. The molecule has 0 unspecified atom stereocenters. The number of ether oxygens (including phenoxy) is 3. The van der Waals surface area contributed by atoms with E-state index >= 15 is 0 Å². The number of fused-ring (bicyclic) bond motifs is 1. The highest BCUT2D eigenvalue weighted by Crippen LogP contribution is 2.38. The number of amides is 1. The van der Waals surface area contributed by atoms with Crippen LogP contribution in [0, 0.1) is 5.92 Å². The topological polar surface area (TPSA) is 86.6 Å². The smallest absolute Gasteiger partial charge is 0.387 e. The van der Waals surface area contributed by atoms with E-state index in [0.717, 1.165) is 51.9 Å². The van der Waals surface area contributed by atoms with Gasteiger partial charge >= 0.3 is 6.61 Å². The number of methoxy groups -OCH3 is 1. The fourth-order valence-corrected chi connectivity index (χ4v) is 6.45. The van der Waals surface area contributed by atoms with E-state index in [-0.39, 0.29) is 29.6 Å². The number of alkyl halides is 2. The highest BCUT2D eigenvalue weighted by atomic mass is 28.4. The van der Waals surface area contributed by atoms with Crippen LogP contribution in [0.2, 0.25) is 18.1 Å². The number of hydrogen-bond acceptors (Lipinski definition) is 7. The highest BCUT2D eigenvalue weighted by Gasteiger charge is 2.37. The number of imidazole rings is 1. The zero-order chi connectivity index (χ0) is 32.4. The molecule has 1 aliphatic heterocycles. The van der Waals surface area contributed by atoms with Crippen molar-refractivity contribution in [2.75, 3.05) is 40.0 Å². The number of carbonyl (C=O) groups is 1. The van der Waals surface area contributed by atoms with E-state index in [1.165, 1.54) is 13.2 Å². The van der Waals surface area contributed by atoms with Crippen molar-refractivity contribution < 1.29 is 33.6 Å². The molecule has 45 heavy (non-hydrogen) atoms. The number of pyridine rings is 1. The fraction of sp³-hybridized carbons (Fsp3) is 0.576. The van der Waals surface area contributed by atoms with Gasteiger partial charge in [-0.05, 0) is 68.6 Å². The quantitative estimate of drug-likeness (QED) is 0.203. The second-order valence-electron chi connectivity index (χ2n) is 13.6. The summed E-state index contributed by atoms with van der Waals surface area (Å²) in [6, 6.07) is 6.84. The van der Waals surface area contributed by atoms with Crippen LogP contribution in [0.1, 0.15) is 58.2 Å². The second kappa shape index (κ2) is 13.6. The van der Waals surface area contributed by atoms with E-state index in [1.54, 1.807) is 12.3 Å². The van der Waals surface area contributed by atoms with Crippen molar-refractivity contribution in [3.05, 3.63) is 42.2 Å². The first-order valence-electron chi connectivity index (χ1n) is 15.8. The number of carbonyl (C=O) groups excluding carboxylic acids is 1. The minimum absolute atomic E-state index is 0. The van der Waals surface area contributed by atoms with Gasteiger partial charge in [-0.3, -0.25) is 9.20 Å². The first-order chi connectivity index (χ1) is 21.3. The molecule has 1 amide bonds. The van der Waals surface area contributed by atoms with Gasteiger partial charge in [0, 0.05) is 50.9 Å². The van der Waals surface area contributed by atoms with Crippen molar-refractivity contribution in [2.24, 2.45) is 5.92 Å². The maximum atomic E-state index is 13.4. The average molecular weight is 647 g/mol. The largest absolute Gasteiger partial charge is 0.496 e. The summed E-state index contributed by atoms with van der Waals surface area (Å²) in [6.07, 6.45) is 7.46. The molecule has 248 valence electrons. The van der Waals surface area contributed by atoms with E-state index in [4.69, 9.17) is 18.6 Å². The van der Waals surface area contributed by atoms with Gasteiger partial charge in [0.1, 0.15) is 28.5 Å². The fourth-order valence-electron chi connectivity index (χ4n) is 5.41. The summed E-state index contributed by atoms with van der Waals surface area (Å²) in [5.41, 5.74) is 1.74. The number of nitrogens with zero attached hydrogens (tertiary/aromatic N) is 3. The molecule has 1 saturated heterocycles. The Labute approximate surface area is 266 Å². The predicted octanol–water partition coefficient (Wildman–Crippen LogP) is 6.86. The molecule has 2 fully saturated rings. The molecular formula is C33H48F2N4O5Si. The Morgan fingerprint density at radius 2 is 1.93 bits per heavy atom. The molecule has 5 rings (SSSR count). The number of halogens is 2. The number of hydrogen-bond donors (Lipinski definition) is 1. The lowest BCUT2D eigenvalue weighted by Gasteiger charge is -2.38. The minimum atomic E-state index is -3.11. The third-order valence-electron chi connectivity index (χ3n) is 9.19. The van der Waals surface area contributed by atoms with E-state index in [0.29, 0.717) is 35.2 Å². The molecule has 9 nitrogen and oxygen atoms in total. The number of benzene rings is 1. The molecule has 0 spiro atoms. The maximum absolute atomic E-state index is 13.4. The van der Waals surface area contributed by atoms with Crippen LogP contribution in [0.25, 0.3) is 16.9 Å². The molecule has 1 atom stereocenters. The third kappa shape index (κ3) is 8.14. The van der Waals surface area contributed by atoms with Gasteiger partial charge in [-0.1, -0.05) is 20.8 Å². The Morgan fingerprint density at radius 1 is 1.18 bits per heavy atom. The van der Waals surface area contributed by atoms with E-state index in [9.17, 15) is 13.6 Å². The van der Waals surface area contributed by atoms with Gasteiger partial charge in [-0.25, -0.2) is 4.98 Å². The Bertz CT molecular complexity index is 1490. The van der Waals surface area contributed by atoms with E-state index < -0.39 is 20.8 Å². The first-order valence-corrected chi connectivity index (χ1v) is 18.7. The lowest BCUT2D eigenvalue weighted by molar-refractivity contribution is -0.0502. The van der Waals surface area contributed by atoms with Crippen molar-refractivity contribution >= 4 is 19.9 Å². The van der Waals surface area contributed by atoms with Gasteiger partial charge in [0.05, 0.1) is 25.6 Å². The molecule has 0 bridgehead atoms. The van der Waals surface area contributed by atoms with Crippen LogP contribution < -0.4 is 19.5 Å². The lowest BCUT2D eigenvalue weighted by atomic mass is 9.99. The zero-order valence-electron chi connectivity index (χ0n) is 27.2. The van der Waals surface area contributed by atoms with Gasteiger partial charge in [-0.2, -0.15) is 8.78 Å². The molecule has 2 aliphatic rings. The SMILES string of the molecule is COc1cc(-c2cnc3cc(OC[C@@H]4CCCN(CCO[Si](C)(C)C(C)(C)C)C4)ccn23)cc(OC(F)F)c1C(=O)NC1CC1.[HH]. The minimum Gasteiger partial charge on any atom is -0.496 e. The summed E-state index contributed by atoms with van der Waals surface area (Å²) in [4.78, 5) is 19.9. The molecule has 12 heteroatoms. The van der Waals surface area contributed by atoms with Gasteiger partial charge < -0.3 is 28.9 Å². The summed E-state index contributed by atoms with van der Waals surface area (Å²) in [5.74, 6) is 0.528. The molecule has 1 aromatic carbocycles. The number of aromatic nitrogens is 2. The summed E-state index contributed by atoms with van der Waals surface area (Å²) in [5, 5.41) is 3.03. The van der Waals surface area contributed by atoms with Crippen molar-refractivity contribution in [1.29, 1.82) is 0 Å². The standard InChI is InChI=1S/C33H46F2N4O5Si.H2/c1-33(2,3)45(5,6)43-15-14-38-12-7-8-22(20-38)21-42-25-11-13-39-26(19-36-29(39)18-25)23-16-27(41-4)30(28(17-23)44-32(34)35)31(40)37-24-9-10-24;/h11,13,16-19,22,24,32H,7-10,12,14-15,20-21H2,1-6H3,(H,37,40);1H/t22-;/m1./s1. The van der Waals surface area contributed by atoms with Crippen LogP contribution in [0.5, 0.6) is 17.2 Å². The summed E-state index contributed by atoms with van der Waals surface area (Å²) in [6.45, 7) is 12.7. The van der Waals surface area contributed by atoms with Crippen LogP contribution in [0.15, 0.2) is 36.7 Å². The van der Waals surface area contributed by atoms with Crippen molar-refractivity contribution in [2.45, 2.75) is 77.2 Å². The van der Waals surface area contributed by atoms with Crippen LogP contribution in [-0.2, 0) is 4.43 Å². The maximum Gasteiger partial charge on any atom is 0.387 e. The van der Waals surface area contributed by atoms with Crippen LogP contribution in [0.4, 0.5) is 8.78 Å². The van der Waals surface area contributed by atoms with Gasteiger partial charge in [0.25, 0.3) is 5.91 Å². The van der Waals surface area contributed by atoms with Crippen molar-refractivity contribution in [3.8, 4) is 28.5 Å². The van der Waals surface area contributed by atoms with Crippen LogP contribution >= 0.6 is 0 Å². The lowest BCUT2D eigenvalue weighted by Crippen LogP contribution is -2.44. The summed E-state index contributed by atoms with van der Waals surface area (Å²) >= 11 is 0. The predicted molar refractivity (Wildman–Crippen MR) is 174 cm³/mol. The highest BCUT2D eigenvalue weighted by molar-refractivity contribution is 6.74. The number of nitrogens with one attached hydrogen (secondary N) is 1. The average Bonchev–Trinajstić information content (AvgIpc) is 3.69. The zero-order valence-corrected chi connectivity index (χ0v) is 28.2. The van der Waals surface area contributed by atoms with Crippen LogP contribution in [-0.4, -0.2) is 81.1 Å². The Balaban J connectivity index is 0.00000480. The van der Waals surface area contributed by atoms with Gasteiger partial charge in [0.2, 0.25) is 0 Å². The summed E-state index contributed by atoms with van der Waals surface area (Å²) in [7, 11) is -0.356. The normalized spacial score (nSPS) is 17.9. The Morgan fingerprint density at radius 3 is 2.62 bits per heavy atom. The third-order valence-corrected chi connectivity index (χ3v) is 13.7. The Hall–Kier alpha value is -3.22. The molecule has 1 N–H and O–H groups in total. The number of piperidine rings is 1. The molecule has 3 heterocycles. The molecule has 1 aliphatic carbocycles. The van der Waals surface area contributed by atoms with Gasteiger partial charge in [0.15, 0.2) is 8.32 Å². The number of likely N-dealkylation sites (tertiary alicyclic amines) is 1. The number of rotatable bonds is 13. The van der Waals surface area contributed by atoms with E-state index in [2.05, 4.69) is 49.1 Å². The van der Waals surface area contributed by atoms with Crippen molar-refractivity contribution in [1.82, 2.24) is 19.6 Å². The molecule has 0 radical (unpaired) electrons. The van der Waals surface area contributed by atoms with Crippen molar-refractivity contribution in [3.63, 3.8) is 0 Å². The molecule has 2 aromatic heterocycles. The van der Waals surface area contributed by atoms with Gasteiger partial charge in [-0.15, -0.1) is 0 Å². The van der Waals surface area contributed by atoms with E-state index in [1.807, 2.05) is 22.7 Å². The summed E-state index contributed by atoms with van der Waals surface area (Å²) < 4.78 is 51.5.